The zero-order valence-electron chi connectivity index (χ0n) is 5.72. The highest BCUT2D eigenvalue weighted by molar-refractivity contribution is 4.88. The summed E-state index contributed by atoms with van der Waals surface area (Å²) in [5, 5.41) is 11.7. The molecule has 3 heteroatoms. The van der Waals surface area contributed by atoms with E-state index in [0.717, 1.165) is 13.0 Å². The molecule has 0 aromatic heterocycles. The smallest absolute Gasteiger partial charge is 0.121 e. The van der Waals surface area contributed by atoms with Gasteiger partial charge in [-0.15, -0.1) is 0 Å². The van der Waals surface area contributed by atoms with Crippen molar-refractivity contribution in [1.29, 1.82) is 0 Å². The van der Waals surface area contributed by atoms with Gasteiger partial charge in [0, 0.05) is 6.20 Å². The first kappa shape index (κ1) is 8.30. The van der Waals surface area contributed by atoms with Crippen LogP contribution in [0, 0.1) is 0 Å². The zero-order chi connectivity index (χ0) is 7.11. The van der Waals surface area contributed by atoms with E-state index >= 15 is 0 Å². The highest BCUT2D eigenvalue weighted by Crippen LogP contribution is 1.79. The summed E-state index contributed by atoms with van der Waals surface area (Å²) in [6.45, 7) is 3.46. The predicted molar refractivity (Wildman–Crippen MR) is 38.1 cm³/mol. The third-order valence-electron chi connectivity index (χ3n) is 0.925. The van der Waals surface area contributed by atoms with Crippen LogP contribution >= 0.6 is 0 Å². The third-order valence-corrected chi connectivity index (χ3v) is 0.925. The standard InChI is InChI=1S/C6H14N2O/c1-2-3-8-5-6(9)4-7/h4,8-9H,2-3,5,7H2,1H3. The summed E-state index contributed by atoms with van der Waals surface area (Å²) in [5.74, 6) is 0.198. The van der Waals surface area contributed by atoms with Gasteiger partial charge in [0.25, 0.3) is 0 Å². The van der Waals surface area contributed by atoms with Gasteiger partial charge in [0.15, 0.2) is 0 Å². The highest BCUT2D eigenvalue weighted by Gasteiger charge is 1.87. The summed E-state index contributed by atoms with van der Waals surface area (Å²) in [5.41, 5.74) is 5.00. The number of aliphatic hydroxyl groups excluding tert-OH is 1. The van der Waals surface area contributed by atoms with E-state index in [1.165, 1.54) is 6.20 Å². The van der Waals surface area contributed by atoms with Gasteiger partial charge >= 0.3 is 0 Å². The fraction of sp³-hybridized carbons (Fsp3) is 0.667. The summed E-state index contributed by atoms with van der Waals surface area (Å²) in [7, 11) is 0. The van der Waals surface area contributed by atoms with Gasteiger partial charge in [-0.2, -0.15) is 0 Å². The topological polar surface area (TPSA) is 58.3 Å². The lowest BCUT2D eigenvalue weighted by atomic mass is 10.4. The Labute approximate surface area is 55.6 Å². The van der Waals surface area contributed by atoms with Crippen molar-refractivity contribution in [1.82, 2.24) is 5.32 Å². The van der Waals surface area contributed by atoms with E-state index < -0.39 is 0 Å². The lowest BCUT2D eigenvalue weighted by Crippen LogP contribution is -2.18. The molecule has 0 bridgehead atoms. The van der Waals surface area contributed by atoms with E-state index in [9.17, 15) is 0 Å². The number of nitrogens with two attached hydrogens (primary N) is 1. The maximum atomic E-state index is 8.76. The maximum Gasteiger partial charge on any atom is 0.121 e. The maximum absolute atomic E-state index is 8.76. The highest BCUT2D eigenvalue weighted by atomic mass is 16.3. The largest absolute Gasteiger partial charge is 0.509 e. The second-order valence-corrected chi connectivity index (χ2v) is 1.83. The molecule has 0 aliphatic carbocycles. The number of hydrogen-bond acceptors (Lipinski definition) is 3. The molecule has 0 amide bonds. The molecule has 0 saturated heterocycles. The van der Waals surface area contributed by atoms with Gasteiger partial charge < -0.3 is 16.2 Å². The number of nitrogens with one attached hydrogen (secondary N) is 1. The molecule has 0 saturated carbocycles. The molecule has 0 rings (SSSR count). The molecule has 0 atom stereocenters. The van der Waals surface area contributed by atoms with Crippen molar-refractivity contribution in [2.75, 3.05) is 13.1 Å². The summed E-state index contributed by atoms with van der Waals surface area (Å²) >= 11 is 0. The van der Waals surface area contributed by atoms with Gasteiger partial charge in [-0.1, -0.05) is 6.92 Å². The van der Waals surface area contributed by atoms with Gasteiger partial charge in [-0.05, 0) is 13.0 Å². The summed E-state index contributed by atoms with van der Waals surface area (Å²) in [6.07, 6.45) is 2.26. The van der Waals surface area contributed by atoms with E-state index in [-0.39, 0.29) is 5.76 Å². The van der Waals surface area contributed by atoms with E-state index in [1.54, 1.807) is 0 Å². The van der Waals surface area contributed by atoms with E-state index in [1.807, 2.05) is 0 Å². The van der Waals surface area contributed by atoms with Crippen molar-refractivity contribution in [2.24, 2.45) is 5.73 Å². The monoisotopic (exact) mass is 130 g/mol. The molecule has 0 fully saturated rings. The quantitative estimate of drug-likeness (QED) is 0.380. The molecule has 54 valence electrons. The van der Waals surface area contributed by atoms with Crippen molar-refractivity contribution in [3.05, 3.63) is 12.0 Å². The molecule has 0 heterocycles. The van der Waals surface area contributed by atoms with Crippen molar-refractivity contribution >= 4 is 0 Å². The Hall–Kier alpha value is -0.700. The van der Waals surface area contributed by atoms with Gasteiger partial charge in [-0.3, -0.25) is 0 Å². The van der Waals surface area contributed by atoms with Crippen LogP contribution in [0.15, 0.2) is 12.0 Å². The first-order chi connectivity index (χ1) is 4.31. The van der Waals surface area contributed by atoms with Gasteiger partial charge in [-0.25, -0.2) is 0 Å². The Kier molecular flexibility index (Phi) is 5.01. The van der Waals surface area contributed by atoms with Gasteiger partial charge in [0.05, 0.1) is 6.54 Å². The average Bonchev–Trinajstić information content (AvgIpc) is 1.89. The minimum Gasteiger partial charge on any atom is -0.509 e. The van der Waals surface area contributed by atoms with Gasteiger partial charge in [0.1, 0.15) is 5.76 Å². The minimum absolute atomic E-state index is 0.198. The minimum atomic E-state index is 0.198. The van der Waals surface area contributed by atoms with Crippen LogP contribution in [0.3, 0.4) is 0 Å². The molecule has 0 aromatic rings. The summed E-state index contributed by atoms with van der Waals surface area (Å²) in [6, 6.07) is 0. The Bertz CT molecular complexity index is 91.1. The molecule has 0 spiro atoms. The summed E-state index contributed by atoms with van der Waals surface area (Å²) < 4.78 is 0. The van der Waals surface area contributed by atoms with Crippen LogP contribution in [0.5, 0.6) is 0 Å². The van der Waals surface area contributed by atoms with Crippen LogP contribution in [-0.4, -0.2) is 18.2 Å². The molecule has 0 aliphatic rings. The Morgan fingerprint density at radius 1 is 1.78 bits per heavy atom. The van der Waals surface area contributed by atoms with E-state index in [4.69, 9.17) is 10.8 Å². The first-order valence-electron chi connectivity index (χ1n) is 3.11. The zero-order valence-corrected chi connectivity index (χ0v) is 5.72. The van der Waals surface area contributed by atoms with Crippen LogP contribution < -0.4 is 11.1 Å². The normalized spacial score (nSPS) is 11.9. The molecular formula is C6H14N2O. The first-order valence-corrected chi connectivity index (χ1v) is 3.11. The number of rotatable bonds is 4. The average molecular weight is 130 g/mol. The van der Waals surface area contributed by atoms with Crippen LogP contribution in [0.1, 0.15) is 13.3 Å². The number of hydrogen-bond donors (Lipinski definition) is 3. The number of aliphatic hydroxyl groups is 1. The molecule has 0 aromatic carbocycles. The van der Waals surface area contributed by atoms with E-state index in [2.05, 4.69) is 12.2 Å². The van der Waals surface area contributed by atoms with Crippen molar-refractivity contribution in [3.63, 3.8) is 0 Å². The SMILES string of the molecule is CCCNCC(O)=CN. The fourth-order valence-electron chi connectivity index (χ4n) is 0.452. The van der Waals surface area contributed by atoms with Crippen LogP contribution in [0.2, 0.25) is 0 Å². The van der Waals surface area contributed by atoms with Crippen molar-refractivity contribution < 1.29 is 5.11 Å². The van der Waals surface area contributed by atoms with Crippen LogP contribution in [0.4, 0.5) is 0 Å². The molecule has 0 unspecified atom stereocenters. The van der Waals surface area contributed by atoms with Crippen molar-refractivity contribution in [2.45, 2.75) is 13.3 Å². The molecule has 0 radical (unpaired) electrons. The Balaban J connectivity index is 3.07. The second-order valence-electron chi connectivity index (χ2n) is 1.83. The molecule has 4 N–H and O–H groups in total. The summed E-state index contributed by atoms with van der Waals surface area (Å²) in [4.78, 5) is 0. The lowest BCUT2D eigenvalue weighted by molar-refractivity contribution is 0.387. The van der Waals surface area contributed by atoms with E-state index in [0.29, 0.717) is 6.54 Å². The second kappa shape index (κ2) is 5.44. The molecule has 9 heavy (non-hydrogen) atoms. The Morgan fingerprint density at radius 2 is 2.44 bits per heavy atom. The fourth-order valence-corrected chi connectivity index (χ4v) is 0.452. The van der Waals surface area contributed by atoms with Crippen molar-refractivity contribution in [3.8, 4) is 0 Å². The molecule has 3 nitrogen and oxygen atoms in total. The lowest BCUT2D eigenvalue weighted by Gasteiger charge is -1.99. The van der Waals surface area contributed by atoms with Crippen LogP contribution in [-0.2, 0) is 0 Å². The van der Waals surface area contributed by atoms with Gasteiger partial charge in [0.2, 0.25) is 0 Å². The Morgan fingerprint density at radius 3 is 2.89 bits per heavy atom. The molecular weight excluding hydrogens is 116 g/mol. The third kappa shape index (κ3) is 5.17. The molecule has 0 aliphatic heterocycles. The predicted octanol–water partition coefficient (Wildman–Crippen LogP) is 0.344. The van der Waals surface area contributed by atoms with Crippen LogP contribution in [0.25, 0.3) is 0 Å².